The second-order valence-corrected chi connectivity index (χ2v) is 8.00. The lowest BCUT2D eigenvalue weighted by Crippen LogP contribution is -2.56. The zero-order valence-corrected chi connectivity index (χ0v) is 16.0. The number of rotatable bonds is 3. The highest BCUT2D eigenvalue weighted by Gasteiger charge is 2.39. The van der Waals surface area contributed by atoms with E-state index in [9.17, 15) is 4.79 Å². The summed E-state index contributed by atoms with van der Waals surface area (Å²) in [5.74, 6) is -0.0792. The predicted octanol–water partition coefficient (Wildman–Crippen LogP) is 2.19. The Kier molecular flexibility index (Phi) is 4.97. The van der Waals surface area contributed by atoms with Crippen LogP contribution in [0.5, 0.6) is 0 Å². The first-order valence-corrected chi connectivity index (χ1v) is 9.66. The average Bonchev–Trinajstić information content (AvgIpc) is 3.19. The second-order valence-electron chi connectivity index (χ2n) is 8.00. The van der Waals surface area contributed by atoms with Gasteiger partial charge in [0.25, 0.3) is 5.91 Å². The van der Waals surface area contributed by atoms with Gasteiger partial charge >= 0.3 is 0 Å². The van der Waals surface area contributed by atoms with Crippen molar-refractivity contribution >= 4 is 5.91 Å². The van der Waals surface area contributed by atoms with Crippen molar-refractivity contribution in [3.05, 3.63) is 47.8 Å². The maximum Gasteiger partial charge on any atom is 0.276 e. The summed E-state index contributed by atoms with van der Waals surface area (Å²) >= 11 is 0. The minimum absolute atomic E-state index is 0.0792. The molecule has 144 valence electrons. The summed E-state index contributed by atoms with van der Waals surface area (Å²) in [6.45, 7) is 7.01. The highest BCUT2D eigenvalue weighted by molar-refractivity contribution is 5.92. The number of hydrogen-bond acceptors (Lipinski definition) is 5. The number of nitrogens with one attached hydrogen (secondary N) is 1. The van der Waals surface area contributed by atoms with Crippen LogP contribution in [-0.2, 0) is 4.74 Å². The van der Waals surface area contributed by atoms with Gasteiger partial charge in [-0.25, -0.2) is 4.68 Å². The molecule has 0 saturated carbocycles. The molecule has 3 heterocycles. The van der Waals surface area contributed by atoms with Crippen LogP contribution in [0.15, 0.2) is 36.5 Å². The molecule has 2 aromatic rings. The van der Waals surface area contributed by atoms with Crippen LogP contribution in [0.1, 0.15) is 54.9 Å². The molecule has 2 saturated heterocycles. The summed E-state index contributed by atoms with van der Waals surface area (Å²) in [4.78, 5) is 15.1. The van der Waals surface area contributed by atoms with Crippen LogP contribution in [0, 0.1) is 0 Å². The van der Waals surface area contributed by atoms with Gasteiger partial charge in [0.1, 0.15) is 6.10 Å². The first-order valence-electron chi connectivity index (χ1n) is 9.66. The second kappa shape index (κ2) is 7.40. The minimum atomic E-state index is -0.388. The van der Waals surface area contributed by atoms with E-state index >= 15 is 0 Å². The number of ether oxygens (including phenoxy) is 1. The zero-order chi connectivity index (χ0) is 18.9. The number of aromatic nitrogens is 3. The summed E-state index contributed by atoms with van der Waals surface area (Å²) < 4.78 is 7.91. The van der Waals surface area contributed by atoms with Crippen LogP contribution in [-0.4, -0.2) is 57.6 Å². The molecule has 7 heteroatoms. The van der Waals surface area contributed by atoms with Gasteiger partial charge in [0.2, 0.25) is 0 Å². The quantitative estimate of drug-likeness (QED) is 0.898. The Bertz CT molecular complexity index is 783. The molecule has 27 heavy (non-hydrogen) atoms. The Balaban J connectivity index is 1.53. The maximum atomic E-state index is 13.2. The molecule has 0 bridgehead atoms. The van der Waals surface area contributed by atoms with Gasteiger partial charge < -0.3 is 15.0 Å². The number of carbonyl (C=O) groups excluding carboxylic acids is 1. The molecule has 2 aliphatic rings. The SMILES string of the molecule is CC1(C)CO[C@@H](c2ccccc2)CN1C(=O)c1cn(C2CCNCC2)nn1. The first kappa shape index (κ1) is 18.1. The standard InChI is InChI=1S/C20H27N5O2/c1-20(2)14-27-18(15-6-4-3-5-7-15)13-24(20)19(26)17-12-25(23-22-17)16-8-10-21-11-9-16/h3-7,12,16,18,21H,8-11,13-14H2,1-2H3/t18-/m1/s1. The summed E-state index contributed by atoms with van der Waals surface area (Å²) in [5.41, 5.74) is 1.11. The molecular weight excluding hydrogens is 342 g/mol. The third kappa shape index (κ3) is 3.75. The van der Waals surface area contributed by atoms with E-state index in [0.717, 1.165) is 31.5 Å². The van der Waals surface area contributed by atoms with Crippen LogP contribution in [0.2, 0.25) is 0 Å². The molecule has 0 spiro atoms. The molecule has 1 amide bonds. The molecule has 1 N–H and O–H groups in total. The van der Waals surface area contributed by atoms with Crippen molar-refractivity contribution < 1.29 is 9.53 Å². The maximum absolute atomic E-state index is 13.2. The molecule has 0 aliphatic carbocycles. The van der Waals surface area contributed by atoms with Gasteiger partial charge in [-0.1, -0.05) is 35.5 Å². The van der Waals surface area contributed by atoms with Gasteiger partial charge in [0, 0.05) is 0 Å². The lowest BCUT2D eigenvalue weighted by Gasteiger charge is -2.45. The lowest BCUT2D eigenvalue weighted by atomic mass is 9.97. The molecular formula is C20H27N5O2. The van der Waals surface area contributed by atoms with Crippen LogP contribution >= 0.6 is 0 Å². The van der Waals surface area contributed by atoms with E-state index in [2.05, 4.69) is 15.6 Å². The van der Waals surface area contributed by atoms with E-state index in [1.54, 1.807) is 6.20 Å². The smallest absolute Gasteiger partial charge is 0.276 e. The number of amides is 1. The zero-order valence-electron chi connectivity index (χ0n) is 16.0. The topological polar surface area (TPSA) is 72.3 Å². The van der Waals surface area contributed by atoms with Gasteiger partial charge in [-0.2, -0.15) is 0 Å². The number of hydrogen-bond donors (Lipinski definition) is 1. The Hall–Kier alpha value is -2.25. The van der Waals surface area contributed by atoms with Crippen LogP contribution < -0.4 is 5.32 Å². The normalized spacial score (nSPS) is 23.3. The van der Waals surface area contributed by atoms with Crippen molar-refractivity contribution in [2.24, 2.45) is 0 Å². The minimum Gasteiger partial charge on any atom is -0.369 e. The summed E-state index contributed by atoms with van der Waals surface area (Å²) in [7, 11) is 0. The molecule has 7 nitrogen and oxygen atoms in total. The number of carbonyl (C=O) groups is 1. The summed E-state index contributed by atoms with van der Waals surface area (Å²) in [5, 5.41) is 11.8. The fraction of sp³-hybridized carbons (Fsp3) is 0.550. The van der Waals surface area contributed by atoms with Crippen LogP contribution in [0.4, 0.5) is 0 Å². The first-order chi connectivity index (χ1) is 13.0. The Morgan fingerprint density at radius 1 is 1.22 bits per heavy atom. The molecule has 2 aliphatic heterocycles. The fourth-order valence-electron chi connectivity index (χ4n) is 3.84. The van der Waals surface area contributed by atoms with Gasteiger partial charge in [0.15, 0.2) is 5.69 Å². The molecule has 2 fully saturated rings. The summed E-state index contributed by atoms with van der Waals surface area (Å²) in [6.07, 6.45) is 3.70. The van der Waals surface area contributed by atoms with Crippen LogP contribution in [0.3, 0.4) is 0 Å². The highest BCUT2D eigenvalue weighted by atomic mass is 16.5. The van der Waals surface area contributed by atoms with Crippen molar-refractivity contribution in [1.29, 1.82) is 0 Å². The Morgan fingerprint density at radius 3 is 2.70 bits per heavy atom. The fourth-order valence-corrected chi connectivity index (χ4v) is 3.84. The van der Waals surface area contributed by atoms with Crippen molar-refractivity contribution in [1.82, 2.24) is 25.2 Å². The summed E-state index contributed by atoms with van der Waals surface area (Å²) in [6, 6.07) is 10.4. The highest BCUT2D eigenvalue weighted by Crippen LogP contribution is 2.31. The average molecular weight is 369 g/mol. The lowest BCUT2D eigenvalue weighted by molar-refractivity contribution is -0.0848. The Morgan fingerprint density at radius 2 is 1.96 bits per heavy atom. The number of morpholine rings is 1. The number of nitrogens with zero attached hydrogens (tertiary/aromatic N) is 4. The van der Waals surface area contributed by atoms with Crippen LogP contribution in [0.25, 0.3) is 0 Å². The Labute approximate surface area is 159 Å². The van der Waals surface area contributed by atoms with Gasteiger partial charge in [0.05, 0.1) is 30.9 Å². The molecule has 0 radical (unpaired) electrons. The van der Waals surface area contributed by atoms with E-state index in [4.69, 9.17) is 4.74 Å². The molecule has 1 aromatic carbocycles. The predicted molar refractivity (Wildman–Crippen MR) is 101 cm³/mol. The monoisotopic (exact) mass is 369 g/mol. The number of benzene rings is 1. The van der Waals surface area contributed by atoms with E-state index in [1.807, 2.05) is 53.8 Å². The van der Waals surface area contributed by atoms with Crippen molar-refractivity contribution in [2.75, 3.05) is 26.2 Å². The van der Waals surface area contributed by atoms with Gasteiger partial charge in [-0.3, -0.25) is 4.79 Å². The van der Waals surface area contributed by atoms with Gasteiger partial charge in [-0.15, -0.1) is 5.10 Å². The van der Waals surface area contributed by atoms with E-state index in [1.165, 1.54) is 0 Å². The van der Waals surface area contributed by atoms with Crippen molar-refractivity contribution in [3.63, 3.8) is 0 Å². The van der Waals surface area contributed by atoms with E-state index < -0.39 is 0 Å². The molecule has 0 unspecified atom stereocenters. The molecule has 4 rings (SSSR count). The van der Waals surface area contributed by atoms with E-state index in [0.29, 0.717) is 24.9 Å². The third-order valence-electron chi connectivity index (χ3n) is 5.55. The van der Waals surface area contributed by atoms with Gasteiger partial charge in [-0.05, 0) is 45.3 Å². The largest absolute Gasteiger partial charge is 0.369 e. The van der Waals surface area contributed by atoms with Crippen molar-refractivity contribution in [2.45, 2.75) is 44.4 Å². The van der Waals surface area contributed by atoms with E-state index in [-0.39, 0.29) is 17.6 Å². The number of piperidine rings is 1. The molecule has 1 aromatic heterocycles. The van der Waals surface area contributed by atoms with Crippen molar-refractivity contribution in [3.8, 4) is 0 Å². The molecule has 1 atom stereocenters. The third-order valence-corrected chi connectivity index (χ3v) is 5.55.